The molecule has 2 N–H and O–H groups in total. The molecule has 0 radical (unpaired) electrons. The summed E-state index contributed by atoms with van der Waals surface area (Å²) in [7, 11) is -1.68. The van der Waals surface area contributed by atoms with Crippen molar-refractivity contribution in [3.63, 3.8) is 0 Å². The van der Waals surface area contributed by atoms with Crippen LogP contribution in [0.1, 0.15) is 11.1 Å². The van der Waals surface area contributed by atoms with Gasteiger partial charge < -0.3 is 20.1 Å². The molecule has 9 nitrogen and oxygen atoms in total. The molecular weight excluding hydrogens is 462 g/mol. The fourth-order valence-corrected chi connectivity index (χ4v) is 6.21. The molecule has 2 aliphatic rings. The number of benzene rings is 2. The number of aromatic nitrogens is 3. The first-order valence-corrected chi connectivity index (χ1v) is 13.3. The first-order chi connectivity index (χ1) is 17.0. The molecule has 4 aromatic rings. The summed E-state index contributed by atoms with van der Waals surface area (Å²) >= 11 is 0. The average Bonchev–Trinajstić information content (AvgIpc) is 3.37. The molecule has 0 saturated carbocycles. The van der Waals surface area contributed by atoms with Crippen LogP contribution in [0.4, 0.5) is 23.0 Å². The maximum absolute atomic E-state index is 12.4. The zero-order valence-corrected chi connectivity index (χ0v) is 20.3. The van der Waals surface area contributed by atoms with Crippen molar-refractivity contribution >= 4 is 44.1 Å². The van der Waals surface area contributed by atoms with Crippen molar-refractivity contribution in [3.8, 4) is 0 Å². The van der Waals surface area contributed by atoms with Crippen molar-refractivity contribution in [1.82, 2.24) is 19.9 Å². The van der Waals surface area contributed by atoms with Gasteiger partial charge in [-0.15, -0.1) is 0 Å². The van der Waals surface area contributed by atoms with Crippen molar-refractivity contribution in [1.29, 1.82) is 0 Å². The molecular formula is C25H27N7O2S. The van der Waals surface area contributed by atoms with E-state index in [1.165, 1.54) is 9.99 Å². The van der Waals surface area contributed by atoms with Crippen LogP contribution in [0.25, 0.3) is 11.0 Å². The average molecular weight is 490 g/mol. The largest absolute Gasteiger partial charge is 0.369 e. The molecule has 0 amide bonds. The Kier molecular flexibility index (Phi) is 5.34. The van der Waals surface area contributed by atoms with Gasteiger partial charge in [0.05, 0.1) is 18.0 Å². The van der Waals surface area contributed by atoms with Gasteiger partial charge in [0.2, 0.25) is 16.0 Å². The smallest absolute Gasteiger partial charge is 0.239 e. The molecule has 4 heterocycles. The van der Waals surface area contributed by atoms with Crippen molar-refractivity contribution in [2.24, 2.45) is 0 Å². The quantitative estimate of drug-likeness (QED) is 0.445. The number of rotatable bonds is 5. The molecule has 0 bridgehead atoms. The fourth-order valence-electron chi connectivity index (χ4n) is 4.88. The monoisotopic (exact) mass is 489 g/mol. The molecule has 2 aliphatic heterocycles. The van der Waals surface area contributed by atoms with E-state index in [2.05, 4.69) is 32.7 Å². The summed E-state index contributed by atoms with van der Waals surface area (Å²) in [6, 6.07) is 16.1. The minimum atomic E-state index is -3.30. The minimum Gasteiger partial charge on any atom is -0.369 e. The van der Waals surface area contributed by atoms with Gasteiger partial charge in [-0.2, -0.15) is 4.98 Å². The SMILES string of the molecule is CN1c2c(Cn3ccc4cnc(Nc5ccc(N6CCNCC6)cc5)nc43)cccc2CS1(=O)=O. The second-order valence-electron chi connectivity index (χ2n) is 8.97. The van der Waals surface area contributed by atoms with Gasteiger partial charge in [-0.1, -0.05) is 18.2 Å². The predicted octanol–water partition coefficient (Wildman–Crippen LogP) is 2.91. The van der Waals surface area contributed by atoms with Gasteiger partial charge in [0.15, 0.2) is 0 Å². The lowest BCUT2D eigenvalue weighted by Gasteiger charge is -2.29. The summed E-state index contributed by atoms with van der Waals surface area (Å²) in [4.78, 5) is 11.6. The Labute approximate surface area is 204 Å². The number of nitrogens with zero attached hydrogens (tertiary/aromatic N) is 5. The lowest BCUT2D eigenvalue weighted by molar-refractivity contribution is 0.589. The fraction of sp³-hybridized carbons (Fsp3) is 0.280. The normalized spacial score (nSPS) is 17.1. The van der Waals surface area contributed by atoms with E-state index in [1.807, 2.05) is 53.4 Å². The molecule has 180 valence electrons. The Morgan fingerprint density at radius 3 is 2.66 bits per heavy atom. The van der Waals surface area contributed by atoms with E-state index < -0.39 is 10.0 Å². The number of piperazine rings is 1. The summed E-state index contributed by atoms with van der Waals surface area (Å²) in [6.45, 7) is 4.55. The Hall–Kier alpha value is -3.63. The zero-order chi connectivity index (χ0) is 24.0. The predicted molar refractivity (Wildman–Crippen MR) is 139 cm³/mol. The van der Waals surface area contributed by atoms with E-state index in [4.69, 9.17) is 4.98 Å². The van der Waals surface area contributed by atoms with Crippen molar-refractivity contribution < 1.29 is 8.42 Å². The molecule has 0 spiro atoms. The van der Waals surface area contributed by atoms with Crippen LogP contribution in [-0.2, 0) is 22.3 Å². The maximum Gasteiger partial charge on any atom is 0.239 e. The molecule has 35 heavy (non-hydrogen) atoms. The number of nitrogens with one attached hydrogen (secondary N) is 2. The highest BCUT2D eigenvalue weighted by molar-refractivity contribution is 7.92. The molecule has 0 atom stereocenters. The number of hydrogen-bond donors (Lipinski definition) is 2. The Balaban J connectivity index is 1.25. The van der Waals surface area contributed by atoms with Crippen LogP contribution in [0.15, 0.2) is 60.9 Å². The van der Waals surface area contributed by atoms with E-state index in [0.29, 0.717) is 12.5 Å². The minimum absolute atomic E-state index is 0.0444. The number of hydrogen-bond acceptors (Lipinski definition) is 7. The van der Waals surface area contributed by atoms with Crippen LogP contribution >= 0.6 is 0 Å². The van der Waals surface area contributed by atoms with Crippen molar-refractivity contribution in [2.45, 2.75) is 12.3 Å². The standard InChI is InChI=1S/C25H27N7O2S/c1-30-23-19(3-2-4-20(23)17-35(30,33)34)16-32-12-9-18-15-27-25(29-24(18)32)28-21-5-7-22(8-6-21)31-13-10-26-11-14-31/h2-9,12,15,26H,10-11,13-14,16-17H2,1H3,(H,27,28,29). The van der Waals surface area contributed by atoms with E-state index >= 15 is 0 Å². The van der Waals surface area contributed by atoms with Crippen LogP contribution < -0.4 is 19.8 Å². The Morgan fingerprint density at radius 1 is 1.06 bits per heavy atom. The van der Waals surface area contributed by atoms with Crippen molar-refractivity contribution in [2.75, 3.05) is 47.7 Å². The highest BCUT2D eigenvalue weighted by Gasteiger charge is 2.32. The third-order valence-electron chi connectivity index (χ3n) is 6.72. The van der Waals surface area contributed by atoms with Crippen LogP contribution in [-0.4, -0.2) is 56.2 Å². The third-order valence-corrected chi connectivity index (χ3v) is 8.41. The molecule has 2 aromatic carbocycles. The van der Waals surface area contributed by atoms with Gasteiger partial charge >= 0.3 is 0 Å². The van der Waals surface area contributed by atoms with E-state index in [0.717, 1.165) is 59.7 Å². The van der Waals surface area contributed by atoms with Crippen LogP contribution in [0.2, 0.25) is 0 Å². The number of para-hydroxylation sites is 1. The van der Waals surface area contributed by atoms with Gasteiger partial charge in [-0.25, -0.2) is 13.4 Å². The number of anilines is 4. The van der Waals surface area contributed by atoms with Gasteiger partial charge in [0, 0.05) is 62.4 Å². The number of sulfonamides is 1. The summed E-state index contributed by atoms with van der Waals surface area (Å²) in [5, 5.41) is 7.62. The van der Waals surface area contributed by atoms with Gasteiger partial charge in [-0.05, 0) is 41.5 Å². The summed E-state index contributed by atoms with van der Waals surface area (Å²) in [6.07, 6.45) is 3.77. The molecule has 1 saturated heterocycles. The van der Waals surface area contributed by atoms with Gasteiger partial charge in [-0.3, -0.25) is 4.31 Å². The highest BCUT2D eigenvalue weighted by atomic mass is 32.2. The second kappa shape index (κ2) is 8.54. The van der Waals surface area contributed by atoms with Gasteiger partial charge in [0.1, 0.15) is 5.65 Å². The first-order valence-electron chi connectivity index (χ1n) is 11.7. The molecule has 10 heteroatoms. The molecule has 0 aliphatic carbocycles. The molecule has 6 rings (SSSR count). The lowest BCUT2D eigenvalue weighted by atomic mass is 10.1. The van der Waals surface area contributed by atoms with E-state index in [-0.39, 0.29) is 5.75 Å². The third kappa shape index (κ3) is 4.08. The van der Waals surface area contributed by atoms with E-state index in [9.17, 15) is 8.42 Å². The van der Waals surface area contributed by atoms with E-state index in [1.54, 1.807) is 7.05 Å². The van der Waals surface area contributed by atoms with Crippen molar-refractivity contribution in [3.05, 3.63) is 72.1 Å². The van der Waals surface area contributed by atoms with Crippen LogP contribution in [0, 0.1) is 0 Å². The maximum atomic E-state index is 12.4. The molecule has 2 aromatic heterocycles. The van der Waals surface area contributed by atoms with Crippen LogP contribution in [0.5, 0.6) is 0 Å². The van der Waals surface area contributed by atoms with Crippen LogP contribution in [0.3, 0.4) is 0 Å². The van der Waals surface area contributed by atoms with Gasteiger partial charge in [0.25, 0.3) is 0 Å². The summed E-state index contributed by atoms with van der Waals surface area (Å²) in [5.74, 6) is 0.563. The molecule has 1 fully saturated rings. The second-order valence-corrected chi connectivity index (χ2v) is 11.0. The topological polar surface area (TPSA) is 95.4 Å². The first kappa shape index (κ1) is 21.9. The number of fused-ring (bicyclic) bond motifs is 2. The lowest BCUT2D eigenvalue weighted by Crippen LogP contribution is -2.43. The Morgan fingerprint density at radius 2 is 1.86 bits per heavy atom. The highest BCUT2D eigenvalue weighted by Crippen LogP contribution is 2.36. The summed E-state index contributed by atoms with van der Waals surface area (Å²) < 4.78 is 28.2. The summed E-state index contributed by atoms with van der Waals surface area (Å²) in [5.41, 5.74) is 5.48. The molecule has 0 unspecified atom stereocenters. The Bertz CT molecular complexity index is 1490. The zero-order valence-electron chi connectivity index (χ0n) is 19.5.